The molecule has 1 aliphatic rings. The van der Waals surface area contributed by atoms with Gasteiger partial charge in [0.15, 0.2) is 5.88 Å². The van der Waals surface area contributed by atoms with E-state index in [1.807, 2.05) is 43.3 Å². The minimum absolute atomic E-state index is 0.0135. The first kappa shape index (κ1) is 17.3. The molecule has 0 bridgehead atoms. The number of H-pyrrole nitrogens is 1. The Morgan fingerprint density at radius 3 is 2.52 bits per heavy atom. The fraction of sp³-hybridized carbons (Fsp3) is 0.217. The fourth-order valence-corrected chi connectivity index (χ4v) is 3.69. The van der Waals surface area contributed by atoms with Crippen molar-refractivity contribution in [3.8, 4) is 17.1 Å². The molecule has 0 saturated carbocycles. The van der Waals surface area contributed by atoms with E-state index in [1.54, 1.807) is 0 Å². The number of nitrogens with zero attached hydrogens (tertiary/aromatic N) is 1. The SMILES string of the molecule is Cc1cccc(-c2[nH]c(O)c3c2C(=O)N=C3c2cccc(CC(C)C)c2)c1. The van der Waals surface area contributed by atoms with Crippen LogP contribution in [0.25, 0.3) is 11.3 Å². The number of benzene rings is 2. The van der Waals surface area contributed by atoms with Gasteiger partial charge in [-0.15, -0.1) is 0 Å². The van der Waals surface area contributed by atoms with Crippen molar-refractivity contribution in [1.29, 1.82) is 0 Å². The van der Waals surface area contributed by atoms with Gasteiger partial charge in [0.1, 0.15) is 0 Å². The van der Waals surface area contributed by atoms with Crippen LogP contribution in [-0.2, 0) is 6.42 Å². The number of nitrogens with one attached hydrogen (secondary N) is 1. The van der Waals surface area contributed by atoms with E-state index >= 15 is 0 Å². The number of hydrogen-bond acceptors (Lipinski definition) is 2. The highest BCUT2D eigenvalue weighted by atomic mass is 16.3. The van der Waals surface area contributed by atoms with Crippen LogP contribution in [0.5, 0.6) is 5.88 Å². The summed E-state index contributed by atoms with van der Waals surface area (Å²) in [7, 11) is 0. The highest BCUT2D eigenvalue weighted by Crippen LogP contribution is 2.38. The third kappa shape index (κ3) is 3.08. The number of aromatic hydroxyl groups is 1. The summed E-state index contributed by atoms with van der Waals surface area (Å²) in [6.07, 6.45) is 0.954. The van der Waals surface area contributed by atoms with Gasteiger partial charge < -0.3 is 10.1 Å². The van der Waals surface area contributed by atoms with Gasteiger partial charge in [0, 0.05) is 5.56 Å². The van der Waals surface area contributed by atoms with Crippen LogP contribution in [0.1, 0.15) is 46.5 Å². The summed E-state index contributed by atoms with van der Waals surface area (Å²) in [6.45, 7) is 6.34. The van der Waals surface area contributed by atoms with E-state index in [1.165, 1.54) is 5.56 Å². The highest BCUT2D eigenvalue weighted by molar-refractivity contribution is 6.30. The summed E-state index contributed by atoms with van der Waals surface area (Å²) in [6, 6.07) is 15.9. The van der Waals surface area contributed by atoms with Crippen LogP contribution in [0.2, 0.25) is 0 Å². The number of aryl methyl sites for hydroxylation is 1. The Bertz CT molecular complexity index is 1070. The number of carbonyl (C=O) groups is 1. The van der Waals surface area contributed by atoms with Crippen LogP contribution in [0.3, 0.4) is 0 Å². The van der Waals surface area contributed by atoms with Crippen molar-refractivity contribution in [3.05, 3.63) is 76.3 Å². The number of hydrogen-bond donors (Lipinski definition) is 2. The van der Waals surface area contributed by atoms with E-state index in [0.29, 0.717) is 28.5 Å². The predicted octanol–water partition coefficient (Wildman–Crippen LogP) is 4.89. The van der Waals surface area contributed by atoms with Gasteiger partial charge in [-0.1, -0.05) is 55.8 Å². The van der Waals surface area contributed by atoms with Crippen LogP contribution < -0.4 is 0 Å². The molecule has 4 nitrogen and oxygen atoms in total. The maximum absolute atomic E-state index is 12.7. The number of carbonyl (C=O) groups excluding carboxylic acids is 1. The van der Waals surface area contributed by atoms with E-state index in [9.17, 15) is 9.90 Å². The lowest BCUT2D eigenvalue weighted by atomic mass is 9.96. The van der Waals surface area contributed by atoms with Crippen molar-refractivity contribution in [2.45, 2.75) is 27.2 Å². The third-order valence-electron chi connectivity index (χ3n) is 4.80. The van der Waals surface area contributed by atoms with Gasteiger partial charge in [-0.2, -0.15) is 0 Å². The minimum Gasteiger partial charge on any atom is -0.494 e. The van der Waals surface area contributed by atoms with Crippen molar-refractivity contribution in [3.63, 3.8) is 0 Å². The highest BCUT2D eigenvalue weighted by Gasteiger charge is 2.33. The summed E-state index contributed by atoms with van der Waals surface area (Å²) >= 11 is 0. The first-order valence-electron chi connectivity index (χ1n) is 9.18. The summed E-state index contributed by atoms with van der Waals surface area (Å²) in [5, 5.41) is 10.6. The number of fused-ring (bicyclic) bond motifs is 1. The maximum atomic E-state index is 12.7. The van der Waals surface area contributed by atoms with E-state index in [0.717, 1.165) is 23.1 Å². The number of aliphatic imine (C=N–C) groups is 1. The lowest BCUT2D eigenvalue weighted by Gasteiger charge is -2.07. The Labute approximate surface area is 158 Å². The number of amides is 1. The predicted molar refractivity (Wildman–Crippen MR) is 108 cm³/mol. The molecule has 1 aromatic heterocycles. The van der Waals surface area contributed by atoms with Gasteiger partial charge in [0.2, 0.25) is 0 Å². The molecular formula is C23H22N2O2. The second kappa shape index (κ2) is 6.54. The molecule has 0 unspecified atom stereocenters. The maximum Gasteiger partial charge on any atom is 0.280 e. The van der Waals surface area contributed by atoms with Gasteiger partial charge in [-0.3, -0.25) is 4.79 Å². The zero-order chi connectivity index (χ0) is 19.1. The van der Waals surface area contributed by atoms with Crippen LogP contribution in [0.4, 0.5) is 0 Å². The number of aromatic nitrogens is 1. The lowest BCUT2D eigenvalue weighted by Crippen LogP contribution is -2.02. The molecule has 0 spiro atoms. The van der Waals surface area contributed by atoms with Gasteiger partial charge in [-0.05, 0) is 42.5 Å². The van der Waals surface area contributed by atoms with Crippen molar-refractivity contribution >= 4 is 11.6 Å². The van der Waals surface area contributed by atoms with Crippen LogP contribution in [0, 0.1) is 12.8 Å². The number of rotatable bonds is 4. The molecule has 2 N–H and O–H groups in total. The van der Waals surface area contributed by atoms with Crippen LogP contribution >= 0.6 is 0 Å². The van der Waals surface area contributed by atoms with E-state index in [2.05, 4.69) is 36.0 Å². The molecule has 0 aliphatic carbocycles. The second-order valence-corrected chi connectivity index (χ2v) is 7.53. The Morgan fingerprint density at radius 2 is 1.78 bits per heavy atom. The quantitative estimate of drug-likeness (QED) is 0.698. The Hall–Kier alpha value is -3.14. The average Bonchev–Trinajstić information content (AvgIpc) is 3.14. The Kier molecular flexibility index (Phi) is 4.19. The van der Waals surface area contributed by atoms with Crippen molar-refractivity contribution < 1.29 is 9.90 Å². The van der Waals surface area contributed by atoms with Crippen molar-refractivity contribution in [2.24, 2.45) is 10.9 Å². The smallest absolute Gasteiger partial charge is 0.280 e. The van der Waals surface area contributed by atoms with Gasteiger partial charge in [0.05, 0.1) is 22.5 Å². The second-order valence-electron chi connectivity index (χ2n) is 7.53. The topological polar surface area (TPSA) is 65.4 Å². The Morgan fingerprint density at radius 1 is 1.04 bits per heavy atom. The molecule has 0 saturated heterocycles. The van der Waals surface area contributed by atoms with Crippen molar-refractivity contribution in [2.75, 3.05) is 0 Å². The first-order chi connectivity index (χ1) is 12.9. The molecule has 0 fully saturated rings. The normalized spacial score (nSPS) is 13.2. The van der Waals surface area contributed by atoms with Crippen LogP contribution in [-0.4, -0.2) is 21.7 Å². The van der Waals surface area contributed by atoms with E-state index in [4.69, 9.17) is 0 Å². The van der Waals surface area contributed by atoms with Gasteiger partial charge in [-0.25, -0.2) is 4.99 Å². The molecule has 0 radical (unpaired) electrons. The Balaban J connectivity index is 1.81. The monoisotopic (exact) mass is 358 g/mol. The minimum atomic E-state index is -0.317. The third-order valence-corrected chi connectivity index (χ3v) is 4.80. The molecule has 0 atom stereocenters. The molecule has 2 heterocycles. The molecule has 1 aliphatic heterocycles. The molecule has 4 rings (SSSR count). The summed E-state index contributed by atoms with van der Waals surface area (Å²) in [5.74, 6) is 0.208. The zero-order valence-corrected chi connectivity index (χ0v) is 15.7. The molecular weight excluding hydrogens is 336 g/mol. The summed E-state index contributed by atoms with van der Waals surface area (Å²) in [5.41, 5.74) is 6.10. The molecule has 4 heteroatoms. The van der Waals surface area contributed by atoms with E-state index in [-0.39, 0.29) is 11.8 Å². The lowest BCUT2D eigenvalue weighted by molar-refractivity contribution is 0.101. The van der Waals surface area contributed by atoms with E-state index < -0.39 is 0 Å². The molecule has 3 aromatic rings. The summed E-state index contributed by atoms with van der Waals surface area (Å²) < 4.78 is 0. The molecule has 2 aromatic carbocycles. The standard InChI is InChI=1S/C23H22N2O2/c1-13(2)10-15-7-5-9-17(12-15)21-19-18(22(26)25-21)20(24-23(19)27)16-8-4-6-14(3)11-16/h4-9,11-13,24,27H,10H2,1-3H3. The summed E-state index contributed by atoms with van der Waals surface area (Å²) in [4.78, 5) is 19.9. The average molecular weight is 358 g/mol. The molecule has 27 heavy (non-hydrogen) atoms. The number of aromatic amines is 1. The largest absolute Gasteiger partial charge is 0.494 e. The molecule has 1 amide bonds. The molecule has 136 valence electrons. The fourth-order valence-electron chi connectivity index (χ4n) is 3.69. The van der Waals surface area contributed by atoms with Crippen molar-refractivity contribution in [1.82, 2.24) is 4.98 Å². The van der Waals surface area contributed by atoms with Crippen LogP contribution in [0.15, 0.2) is 53.5 Å². The zero-order valence-electron chi connectivity index (χ0n) is 15.7. The van der Waals surface area contributed by atoms with Gasteiger partial charge in [0.25, 0.3) is 5.91 Å². The van der Waals surface area contributed by atoms with Gasteiger partial charge >= 0.3 is 0 Å². The first-order valence-corrected chi connectivity index (χ1v) is 9.18.